The highest BCUT2D eigenvalue weighted by Gasteiger charge is 2.04. The Morgan fingerprint density at radius 1 is 0.643 bits per heavy atom. The molecule has 0 aliphatic heterocycles. The minimum Gasteiger partial charge on any atom is -0.380 e. The van der Waals surface area contributed by atoms with Gasteiger partial charge in [-0.15, -0.1) is 0 Å². The van der Waals surface area contributed by atoms with Gasteiger partial charge in [-0.3, -0.25) is 19.2 Å². The normalized spacial score (nSPS) is 10.5. The number of nitrogens with one attached hydrogen (secondary N) is 2. The minimum absolute atomic E-state index is 0.0725. The zero-order valence-corrected chi connectivity index (χ0v) is 17.1. The van der Waals surface area contributed by atoms with Crippen LogP contribution in [0.1, 0.15) is 46.0 Å². The van der Waals surface area contributed by atoms with Gasteiger partial charge < -0.3 is 24.8 Å². The summed E-state index contributed by atoms with van der Waals surface area (Å²) < 4.78 is 15.7. The fraction of sp³-hybridized carbons (Fsp3) is 0.789. The van der Waals surface area contributed by atoms with Crippen molar-refractivity contribution in [3.8, 4) is 0 Å². The first-order chi connectivity index (χ1) is 13.5. The number of carbonyl (C=O) groups excluding carboxylic acids is 4. The predicted molar refractivity (Wildman–Crippen MR) is 103 cm³/mol. The van der Waals surface area contributed by atoms with Crippen LogP contribution in [0.2, 0.25) is 0 Å². The summed E-state index contributed by atoms with van der Waals surface area (Å²) in [5.41, 5.74) is 0. The highest BCUT2D eigenvalue weighted by atomic mass is 16.5. The van der Waals surface area contributed by atoms with Crippen LogP contribution in [0.15, 0.2) is 0 Å². The molecule has 0 radical (unpaired) electrons. The molecule has 0 saturated heterocycles. The first-order valence-corrected chi connectivity index (χ1v) is 9.73. The summed E-state index contributed by atoms with van der Waals surface area (Å²) in [5.74, 6) is -0.0742. The molecule has 0 fully saturated rings. The molecule has 0 aliphatic rings. The quantitative estimate of drug-likeness (QED) is 0.300. The van der Waals surface area contributed by atoms with Crippen molar-refractivity contribution in [3.05, 3.63) is 0 Å². The average Bonchev–Trinajstić information content (AvgIpc) is 2.66. The van der Waals surface area contributed by atoms with Crippen LogP contribution in [-0.2, 0) is 33.4 Å². The highest BCUT2D eigenvalue weighted by Crippen LogP contribution is 1.90. The molecule has 0 unspecified atom stereocenters. The van der Waals surface area contributed by atoms with Crippen LogP contribution < -0.4 is 10.6 Å². The van der Waals surface area contributed by atoms with E-state index < -0.39 is 0 Å². The van der Waals surface area contributed by atoms with E-state index in [0.29, 0.717) is 58.8 Å². The smallest absolute Gasteiger partial charge is 0.222 e. The maximum absolute atomic E-state index is 11.6. The Kier molecular flexibility index (Phi) is 17.3. The summed E-state index contributed by atoms with van der Waals surface area (Å²) in [4.78, 5) is 44.9. The molecule has 0 atom stereocenters. The molecular weight excluding hydrogens is 368 g/mol. The SMILES string of the molecule is CCC(=O)CCOCCNC(=O)CCOCCC(=O)NCCOCCC(C)=O. The van der Waals surface area contributed by atoms with Crippen LogP contribution in [0.3, 0.4) is 0 Å². The monoisotopic (exact) mass is 402 g/mol. The van der Waals surface area contributed by atoms with E-state index in [1.54, 1.807) is 0 Å². The molecule has 9 nitrogen and oxygen atoms in total. The van der Waals surface area contributed by atoms with E-state index >= 15 is 0 Å². The lowest BCUT2D eigenvalue weighted by Gasteiger charge is -2.08. The minimum atomic E-state index is -0.154. The number of hydrogen-bond donors (Lipinski definition) is 2. The van der Waals surface area contributed by atoms with Crippen LogP contribution >= 0.6 is 0 Å². The molecule has 0 spiro atoms. The highest BCUT2D eigenvalue weighted by molar-refractivity contribution is 5.78. The van der Waals surface area contributed by atoms with Gasteiger partial charge in [-0.05, 0) is 6.92 Å². The van der Waals surface area contributed by atoms with Crippen LogP contribution in [-0.4, -0.2) is 76.1 Å². The van der Waals surface area contributed by atoms with Crippen molar-refractivity contribution in [2.75, 3.05) is 52.7 Å². The Morgan fingerprint density at radius 2 is 1.07 bits per heavy atom. The molecule has 0 rings (SSSR count). The maximum atomic E-state index is 11.6. The van der Waals surface area contributed by atoms with Gasteiger partial charge in [-0.1, -0.05) is 6.92 Å². The van der Waals surface area contributed by atoms with E-state index in [-0.39, 0.29) is 49.4 Å². The second kappa shape index (κ2) is 18.5. The summed E-state index contributed by atoms with van der Waals surface area (Å²) >= 11 is 0. The fourth-order valence-corrected chi connectivity index (χ4v) is 1.92. The zero-order chi connectivity index (χ0) is 21.0. The number of ether oxygens (including phenoxy) is 3. The third-order valence-electron chi connectivity index (χ3n) is 3.60. The Bertz CT molecular complexity index is 469. The van der Waals surface area contributed by atoms with Crippen molar-refractivity contribution in [1.29, 1.82) is 0 Å². The van der Waals surface area contributed by atoms with Crippen molar-refractivity contribution in [2.45, 2.75) is 46.0 Å². The van der Waals surface area contributed by atoms with Gasteiger partial charge in [0.05, 0.1) is 39.6 Å². The standard InChI is InChI=1S/C19H34N2O7/c1-3-17(23)5-11-28-15-9-21-19(25)7-13-26-12-6-18(24)20-8-14-27-10-4-16(2)22/h3-15H2,1-2H3,(H,20,24)(H,21,25). The van der Waals surface area contributed by atoms with Crippen LogP contribution in [0, 0.1) is 0 Å². The summed E-state index contributed by atoms with van der Waals surface area (Å²) in [7, 11) is 0. The van der Waals surface area contributed by atoms with Crippen molar-refractivity contribution in [1.82, 2.24) is 10.6 Å². The fourth-order valence-electron chi connectivity index (χ4n) is 1.92. The maximum Gasteiger partial charge on any atom is 0.222 e. The van der Waals surface area contributed by atoms with Gasteiger partial charge in [0.2, 0.25) is 11.8 Å². The van der Waals surface area contributed by atoms with Crippen molar-refractivity contribution in [2.24, 2.45) is 0 Å². The molecule has 0 bridgehead atoms. The summed E-state index contributed by atoms with van der Waals surface area (Å²) in [6.07, 6.45) is 1.71. The Balaban J connectivity index is 3.37. The second-order valence-electron chi connectivity index (χ2n) is 6.13. The number of Topliss-reactive ketones (excluding diaryl/α,β-unsaturated/α-hetero) is 2. The summed E-state index contributed by atoms with van der Waals surface area (Å²) in [6, 6.07) is 0. The van der Waals surface area contributed by atoms with Crippen molar-refractivity contribution >= 4 is 23.4 Å². The lowest BCUT2D eigenvalue weighted by Crippen LogP contribution is -2.29. The van der Waals surface area contributed by atoms with E-state index in [2.05, 4.69) is 10.6 Å². The van der Waals surface area contributed by atoms with Gasteiger partial charge >= 0.3 is 0 Å². The largest absolute Gasteiger partial charge is 0.380 e. The first-order valence-electron chi connectivity index (χ1n) is 9.73. The molecular formula is C19H34N2O7. The Morgan fingerprint density at radius 3 is 1.54 bits per heavy atom. The van der Waals surface area contributed by atoms with Gasteiger partial charge in [0, 0.05) is 45.2 Å². The number of carbonyl (C=O) groups is 4. The molecule has 0 aromatic carbocycles. The van der Waals surface area contributed by atoms with Gasteiger partial charge in [0.25, 0.3) is 0 Å². The summed E-state index contributed by atoms with van der Waals surface area (Å²) in [6.45, 7) is 6.01. The first kappa shape index (κ1) is 26.2. The zero-order valence-electron chi connectivity index (χ0n) is 17.1. The molecule has 28 heavy (non-hydrogen) atoms. The molecule has 0 heterocycles. The van der Waals surface area contributed by atoms with E-state index in [9.17, 15) is 19.2 Å². The lowest BCUT2D eigenvalue weighted by molar-refractivity contribution is -0.124. The lowest BCUT2D eigenvalue weighted by atomic mass is 10.2. The molecule has 162 valence electrons. The third-order valence-corrected chi connectivity index (χ3v) is 3.60. The van der Waals surface area contributed by atoms with Crippen LogP contribution in [0.4, 0.5) is 0 Å². The van der Waals surface area contributed by atoms with Gasteiger partial charge in [-0.25, -0.2) is 0 Å². The van der Waals surface area contributed by atoms with E-state index in [1.807, 2.05) is 6.92 Å². The molecule has 2 amide bonds. The van der Waals surface area contributed by atoms with E-state index in [0.717, 1.165) is 0 Å². The topological polar surface area (TPSA) is 120 Å². The van der Waals surface area contributed by atoms with Crippen molar-refractivity contribution < 1.29 is 33.4 Å². The summed E-state index contributed by atoms with van der Waals surface area (Å²) in [5, 5.41) is 5.38. The van der Waals surface area contributed by atoms with Gasteiger partial charge in [-0.2, -0.15) is 0 Å². The molecule has 2 N–H and O–H groups in total. The number of amides is 2. The van der Waals surface area contributed by atoms with E-state index in [4.69, 9.17) is 14.2 Å². The van der Waals surface area contributed by atoms with Gasteiger partial charge in [0.1, 0.15) is 11.6 Å². The van der Waals surface area contributed by atoms with Gasteiger partial charge in [0.15, 0.2) is 0 Å². The molecule has 0 aromatic rings. The Labute approximate surface area is 166 Å². The molecule has 0 saturated carbocycles. The molecule has 0 aromatic heterocycles. The van der Waals surface area contributed by atoms with Crippen molar-refractivity contribution in [3.63, 3.8) is 0 Å². The van der Waals surface area contributed by atoms with E-state index in [1.165, 1.54) is 6.92 Å². The molecule has 9 heteroatoms. The number of rotatable bonds is 19. The second-order valence-corrected chi connectivity index (χ2v) is 6.13. The number of ketones is 2. The predicted octanol–water partition coefficient (Wildman–Crippen LogP) is 0.397. The van der Waals surface area contributed by atoms with Crippen LogP contribution in [0.5, 0.6) is 0 Å². The average molecular weight is 402 g/mol. The molecule has 0 aliphatic carbocycles. The Hall–Kier alpha value is -1.84. The number of hydrogen-bond acceptors (Lipinski definition) is 7. The van der Waals surface area contributed by atoms with Crippen LogP contribution in [0.25, 0.3) is 0 Å². The third kappa shape index (κ3) is 18.9.